The summed E-state index contributed by atoms with van der Waals surface area (Å²) in [5.74, 6) is 0. The van der Waals surface area contributed by atoms with Crippen molar-refractivity contribution in [3.63, 3.8) is 0 Å². The molecule has 1 atom stereocenters. The molecule has 0 saturated heterocycles. The number of imidazole rings is 1. The molecule has 0 spiro atoms. The van der Waals surface area contributed by atoms with Crippen molar-refractivity contribution in [1.82, 2.24) is 9.55 Å². The van der Waals surface area contributed by atoms with E-state index in [1.807, 2.05) is 0 Å². The van der Waals surface area contributed by atoms with Crippen molar-refractivity contribution in [3.8, 4) is 0 Å². The third-order valence-electron chi connectivity index (χ3n) is 2.28. The normalized spacial score (nSPS) is 12.7. The Bertz CT molecular complexity index is 471. The van der Waals surface area contributed by atoms with E-state index in [2.05, 4.69) is 4.98 Å². The molecule has 1 aromatic heterocycles. The van der Waals surface area contributed by atoms with E-state index in [0.717, 1.165) is 0 Å². The lowest BCUT2D eigenvalue weighted by Gasteiger charge is -2.13. The molecule has 0 saturated carbocycles. The van der Waals surface area contributed by atoms with Gasteiger partial charge in [-0.1, -0.05) is 35.3 Å². The highest BCUT2D eigenvalue weighted by Gasteiger charge is 2.13. The maximum Gasteiger partial charge on any atom is 0.0984 e. The Morgan fingerprint density at radius 1 is 1.38 bits per heavy atom. The summed E-state index contributed by atoms with van der Waals surface area (Å²) in [4.78, 5) is 3.90. The van der Waals surface area contributed by atoms with Crippen LogP contribution in [-0.2, 0) is 6.54 Å². The average Bonchev–Trinajstić information content (AvgIpc) is 2.74. The molecule has 0 aliphatic heterocycles. The first-order chi connectivity index (χ1) is 7.68. The fourth-order valence-corrected chi connectivity index (χ4v) is 1.90. The topological polar surface area (TPSA) is 38.0 Å². The van der Waals surface area contributed by atoms with E-state index in [4.69, 9.17) is 23.2 Å². The molecule has 0 radical (unpaired) electrons. The van der Waals surface area contributed by atoms with Gasteiger partial charge in [-0.15, -0.1) is 0 Å². The predicted molar refractivity (Wildman–Crippen MR) is 63.6 cm³/mol. The van der Waals surface area contributed by atoms with Crippen LogP contribution in [0.5, 0.6) is 0 Å². The van der Waals surface area contributed by atoms with Crippen LogP contribution >= 0.6 is 23.2 Å². The van der Waals surface area contributed by atoms with Gasteiger partial charge in [-0.2, -0.15) is 0 Å². The van der Waals surface area contributed by atoms with Crippen LogP contribution in [0.1, 0.15) is 11.7 Å². The summed E-state index contributed by atoms with van der Waals surface area (Å²) in [5.41, 5.74) is 0.628. The second-order valence-electron chi connectivity index (χ2n) is 3.42. The molecule has 1 unspecified atom stereocenters. The molecule has 0 aliphatic rings. The lowest BCUT2D eigenvalue weighted by molar-refractivity contribution is 0.156. The smallest absolute Gasteiger partial charge is 0.0984 e. The van der Waals surface area contributed by atoms with Gasteiger partial charge in [0, 0.05) is 18.0 Å². The lowest BCUT2D eigenvalue weighted by Crippen LogP contribution is -2.07. The zero-order valence-corrected chi connectivity index (χ0v) is 9.86. The zero-order valence-electron chi connectivity index (χ0n) is 8.35. The van der Waals surface area contributed by atoms with Gasteiger partial charge < -0.3 is 9.67 Å². The van der Waals surface area contributed by atoms with Crippen LogP contribution in [0.4, 0.5) is 0 Å². The van der Waals surface area contributed by atoms with E-state index in [9.17, 15) is 5.11 Å². The summed E-state index contributed by atoms with van der Waals surface area (Å²) < 4.78 is 1.78. The van der Waals surface area contributed by atoms with Gasteiger partial charge in [-0.25, -0.2) is 4.98 Å². The molecule has 1 aromatic carbocycles. The third-order valence-corrected chi connectivity index (χ3v) is 3.12. The number of aliphatic hydroxyl groups excluding tert-OH is 1. The fourth-order valence-electron chi connectivity index (χ4n) is 1.47. The quantitative estimate of drug-likeness (QED) is 0.917. The SMILES string of the molecule is OC(Cn1ccnc1)c1cccc(Cl)c1Cl. The number of halogens is 2. The molecule has 3 nitrogen and oxygen atoms in total. The van der Waals surface area contributed by atoms with Crippen molar-refractivity contribution in [2.45, 2.75) is 12.6 Å². The van der Waals surface area contributed by atoms with Crippen molar-refractivity contribution in [2.24, 2.45) is 0 Å². The molecule has 2 rings (SSSR count). The Morgan fingerprint density at radius 3 is 2.88 bits per heavy atom. The Hall–Kier alpha value is -1.03. The van der Waals surface area contributed by atoms with Crippen molar-refractivity contribution >= 4 is 23.2 Å². The molecule has 1 heterocycles. The van der Waals surface area contributed by atoms with Gasteiger partial charge >= 0.3 is 0 Å². The fraction of sp³-hybridized carbons (Fsp3) is 0.182. The van der Waals surface area contributed by atoms with E-state index >= 15 is 0 Å². The molecule has 0 bridgehead atoms. The van der Waals surface area contributed by atoms with Crippen molar-refractivity contribution in [1.29, 1.82) is 0 Å². The molecular weight excluding hydrogens is 247 g/mol. The maximum atomic E-state index is 10.0. The number of nitrogens with zero attached hydrogens (tertiary/aromatic N) is 2. The van der Waals surface area contributed by atoms with Crippen LogP contribution in [0.25, 0.3) is 0 Å². The Labute approximate surface area is 103 Å². The minimum Gasteiger partial charge on any atom is -0.386 e. The summed E-state index contributed by atoms with van der Waals surface area (Å²) in [5, 5.41) is 10.9. The number of benzene rings is 1. The van der Waals surface area contributed by atoms with E-state index < -0.39 is 6.10 Å². The van der Waals surface area contributed by atoms with Crippen LogP contribution in [0.2, 0.25) is 10.0 Å². The van der Waals surface area contributed by atoms with Crippen molar-refractivity contribution in [3.05, 3.63) is 52.5 Å². The van der Waals surface area contributed by atoms with Crippen LogP contribution in [-0.4, -0.2) is 14.7 Å². The second-order valence-corrected chi connectivity index (χ2v) is 4.20. The monoisotopic (exact) mass is 256 g/mol. The summed E-state index contributed by atoms with van der Waals surface area (Å²) in [7, 11) is 0. The number of hydrogen-bond acceptors (Lipinski definition) is 2. The number of aromatic nitrogens is 2. The Morgan fingerprint density at radius 2 is 2.19 bits per heavy atom. The number of aliphatic hydroxyl groups is 1. The third kappa shape index (κ3) is 2.38. The maximum absolute atomic E-state index is 10.0. The summed E-state index contributed by atoms with van der Waals surface area (Å²) in [6.45, 7) is 0.403. The van der Waals surface area contributed by atoms with Gasteiger partial charge in [0.05, 0.1) is 29.0 Å². The average molecular weight is 257 g/mol. The summed E-state index contributed by atoms with van der Waals surface area (Å²) in [6, 6.07) is 5.22. The van der Waals surface area contributed by atoms with Gasteiger partial charge in [0.25, 0.3) is 0 Å². The highest BCUT2D eigenvalue weighted by molar-refractivity contribution is 6.42. The molecule has 84 valence electrons. The van der Waals surface area contributed by atoms with Crippen molar-refractivity contribution < 1.29 is 5.11 Å². The summed E-state index contributed by atoms with van der Waals surface area (Å²) >= 11 is 11.9. The zero-order chi connectivity index (χ0) is 11.5. The molecule has 1 N–H and O–H groups in total. The number of rotatable bonds is 3. The Kier molecular flexibility index (Phi) is 3.49. The molecule has 5 heteroatoms. The molecule has 0 fully saturated rings. The first kappa shape index (κ1) is 11.5. The number of hydrogen-bond donors (Lipinski definition) is 1. The summed E-state index contributed by atoms with van der Waals surface area (Å²) in [6.07, 6.45) is 4.38. The van der Waals surface area contributed by atoms with Gasteiger partial charge in [0.1, 0.15) is 0 Å². The largest absolute Gasteiger partial charge is 0.386 e. The molecule has 2 aromatic rings. The van der Waals surface area contributed by atoms with E-state index in [0.29, 0.717) is 22.2 Å². The lowest BCUT2D eigenvalue weighted by atomic mass is 10.1. The highest BCUT2D eigenvalue weighted by atomic mass is 35.5. The van der Waals surface area contributed by atoms with Crippen LogP contribution in [0.15, 0.2) is 36.9 Å². The van der Waals surface area contributed by atoms with Crippen LogP contribution < -0.4 is 0 Å². The van der Waals surface area contributed by atoms with Gasteiger partial charge in [-0.3, -0.25) is 0 Å². The second kappa shape index (κ2) is 4.87. The minimum atomic E-state index is -0.694. The van der Waals surface area contributed by atoms with Gasteiger partial charge in [0.15, 0.2) is 0 Å². The molecular formula is C11H10Cl2N2O. The van der Waals surface area contributed by atoms with Crippen LogP contribution in [0, 0.1) is 0 Å². The molecule has 0 amide bonds. The van der Waals surface area contributed by atoms with Gasteiger partial charge in [-0.05, 0) is 6.07 Å². The Balaban J connectivity index is 2.21. The van der Waals surface area contributed by atoms with E-state index in [1.165, 1.54) is 0 Å². The van der Waals surface area contributed by atoms with E-state index in [1.54, 1.807) is 41.5 Å². The van der Waals surface area contributed by atoms with Gasteiger partial charge in [0.2, 0.25) is 0 Å². The first-order valence-corrected chi connectivity index (χ1v) is 5.52. The van der Waals surface area contributed by atoms with E-state index in [-0.39, 0.29) is 0 Å². The first-order valence-electron chi connectivity index (χ1n) is 4.76. The van der Waals surface area contributed by atoms with Crippen molar-refractivity contribution in [2.75, 3.05) is 0 Å². The standard InChI is InChI=1S/C11H10Cl2N2O/c12-9-3-1-2-8(11(9)13)10(16)6-15-5-4-14-7-15/h1-5,7,10,16H,6H2. The molecule has 0 aliphatic carbocycles. The highest BCUT2D eigenvalue weighted by Crippen LogP contribution is 2.30. The van der Waals surface area contributed by atoms with Crippen LogP contribution in [0.3, 0.4) is 0 Å². The minimum absolute atomic E-state index is 0.400. The molecule has 16 heavy (non-hydrogen) atoms. The predicted octanol–water partition coefficient (Wildman–Crippen LogP) is 2.92.